The molecule has 29 heavy (non-hydrogen) atoms. The Morgan fingerprint density at radius 1 is 1.10 bits per heavy atom. The van der Waals surface area contributed by atoms with Crippen molar-refractivity contribution in [3.05, 3.63) is 99.0 Å². The lowest BCUT2D eigenvalue weighted by Gasteiger charge is -2.17. The second-order valence-corrected chi connectivity index (χ2v) is 6.85. The number of amides is 1. The van der Waals surface area contributed by atoms with Gasteiger partial charge in [-0.1, -0.05) is 30.3 Å². The number of aliphatic hydroxyl groups is 1. The van der Waals surface area contributed by atoms with Crippen molar-refractivity contribution >= 4 is 5.91 Å². The van der Waals surface area contributed by atoms with Gasteiger partial charge in [0.05, 0.1) is 6.61 Å². The summed E-state index contributed by atoms with van der Waals surface area (Å²) in [6, 6.07) is 18.0. The standard InChI is InChI=1S/C23H24N2O4/c1-15-12-16(2)25-23(28)20(15)13-24-22(27)18-10-8-17(9-11-18)21(14-26)29-19-6-4-3-5-7-19/h3-12,21,26H,13-14H2,1-2H3,(H,24,27)(H,25,28). The molecule has 0 spiro atoms. The first-order chi connectivity index (χ1) is 14.0. The number of carbonyl (C=O) groups is 1. The number of benzene rings is 2. The van der Waals surface area contributed by atoms with E-state index in [2.05, 4.69) is 10.3 Å². The van der Waals surface area contributed by atoms with Crippen molar-refractivity contribution in [2.45, 2.75) is 26.5 Å². The Hall–Kier alpha value is -3.38. The van der Waals surface area contributed by atoms with Crippen molar-refractivity contribution in [1.29, 1.82) is 0 Å². The first-order valence-electron chi connectivity index (χ1n) is 9.38. The molecule has 1 unspecified atom stereocenters. The van der Waals surface area contributed by atoms with E-state index in [9.17, 15) is 14.7 Å². The molecule has 6 heteroatoms. The van der Waals surface area contributed by atoms with E-state index < -0.39 is 6.10 Å². The predicted molar refractivity (Wildman–Crippen MR) is 111 cm³/mol. The van der Waals surface area contributed by atoms with E-state index in [1.54, 1.807) is 24.3 Å². The van der Waals surface area contributed by atoms with E-state index >= 15 is 0 Å². The molecule has 150 valence electrons. The monoisotopic (exact) mass is 392 g/mol. The van der Waals surface area contributed by atoms with Crippen LogP contribution >= 0.6 is 0 Å². The van der Waals surface area contributed by atoms with Crippen molar-refractivity contribution in [1.82, 2.24) is 10.3 Å². The van der Waals surface area contributed by atoms with E-state index in [1.165, 1.54) is 0 Å². The van der Waals surface area contributed by atoms with E-state index in [-0.39, 0.29) is 24.6 Å². The number of pyridine rings is 1. The second kappa shape index (κ2) is 9.21. The average molecular weight is 392 g/mol. The fourth-order valence-electron chi connectivity index (χ4n) is 3.10. The summed E-state index contributed by atoms with van der Waals surface area (Å²) in [6.45, 7) is 3.63. The molecule has 1 heterocycles. The van der Waals surface area contributed by atoms with Crippen LogP contribution in [0.4, 0.5) is 0 Å². The molecule has 3 rings (SSSR count). The summed E-state index contributed by atoms with van der Waals surface area (Å²) >= 11 is 0. The van der Waals surface area contributed by atoms with Crippen LogP contribution in [0.1, 0.15) is 38.8 Å². The molecule has 0 aliphatic carbocycles. The number of rotatable bonds is 7. The number of aromatic amines is 1. The minimum atomic E-state index is -0.525. The van der Waals surface area contributed by atoms with Crippen molar-refractivity contribution in [2.75, 3.05) is 6.61 Å². The minimum Gasteiger partial charge on any atom is -0.483 e. The summed E-state index contributed by atoms with van der Waals surface area (Å²) < 4.78 is 5.80. The summed E-state index contributed by atoms with van der Waals surface area (Å²) in [4.78, 5) is 27.3. The summed E-state index contributed by atoms with van der Waals surface area (Å²) in [5.74, 6) is 0.382. The smallest absolute Gasteiger partial charge is 0.253 e. The van der Waals surface area contributed by atoms with E-state index in [1.807, 2.05) is 50.2 Å². The lowest BCUT2D eigenvalue weighted by molar-refractivity contribution is 0.0950. The van der Waals surface area contributed by atoms with Crippen LogP contribution in [0.2, 0.25) is 0 Å². The largest absolute Gasteiger partial charge is 0.483 e. The number of aliphatic hydroxyl groups excluding tert-OH is 1. The number of H-pyrrole nitrogens is 1. The summed E-state index contributed by atoms with van der Waals surface area (Å²) in [7, 11) is 0. The van der Waals surface area contributed by atoms with Gasteiger partial charge in [0.15, 0.2) is 0 Å². The highest BCUT2D eigenvalue weighted by Crippen LogP contribution is 2.22. The molecule has 0 fully saturated rings. The Balaban J connectivity index is 1.66. The first-order valence-corrected chi connectivity index (χ1v) is 9.38. The topological polar surface area (TPSA) is 91.4 Å². The van der Waals surface area contributed by atoms with Gasteiger partial charge in [-0.25, -0.2) is 0 Å². The normalized spacial score (nSPS) is 11.7. The molecule has 3 N–H and O–H groups in total. The number of carbonyl (C=O) groups excluding carboxylic acids is 1. The van der Waals surface area contributed by atoms with Crippen LogP contribution in [-0.2, 0) is 6.54 Å². The molecular formula is C23H24N2O4. The SMILES string of the molecule is Cc1cc(C)c(CNC(=O)c2ccc(C(CO)Oc3ccccc3)cc2)c(=O)[nH]1. The predicted octanol–water partition coefficient (Wildman–Crippen LogP) is 3.03. The van der Waals surface area contributed by atoms with Crippen molar-refractivity contribution in [3.8, 4) is 5.75 Å². The van der Waals surface area contributed by atoms with Gasteiger partial charge in [0.1, 0.15) is 11.9 Å². The fourth-order valence-corrected chi connectivity index (χ4v) is 3.10. The van der Waals surface area contributed by atoms with Crippen LogP contribution in [0.3, 0.4) is 0 Å². The minimum absolute atomic E-state index is 0.151. The van der Waals surface area contributed by atoms with Crippen LogP contribution in [0, 0.1) is 13.8 Å². The molecule has 3 aromatic rings. The van der Waals surface area contributed by atoms with Gasteiger partial charge in [-0.2, -0.15) is 0 Å². The molecule has 0 aliphatic heterocycles. The Morgan fingerprint density at radius 3 is 2.41 bits per heavy atom. The van der Waals surface area contributed by atoms with Crippen molar-refractivity contribution in [3.63, 3.8) is 0 Å². The van der Waals surface area contributed by atoms with E-state index in [0.29, 0.717) is 16.9 Å². The Kier molecular flexibility index (Phi) is 6.46. The third kappa shape index (κ3) is 5.12. The van der Waals surface area contributed by atoms with Gasteiger partial charge in [0, 0.05) is 23.4 Å². The summed E-state index contributed by atoms with van der Waals surface area (Å²) in [5.41, 5.74) is 3.20. The number of aryl methyl sites for hydroxylation is 2. The fraction of sp³-hybridized carbons (Fsp3) is 0.217. The maximum Gasteiger partial charge on any atom is 0.253 e. The molecular weight excluding hydrogens is 368 g/mol. The average Bonchev–Trinajstić information content (AvgIpc) is 2.72. The maximum absolute atomic E-state index is 12.4. The Bertz CT molecular complexity index is 1030. The number of aromatic nitrogens is 1. The van der Waals surface area contributed by atoms with Crippen LogP contribution in [0.15, 0.2) is 65.5 Å². The Labute approximate surface area is 169 Å². The van der Waals surface area contributed by atoms with Gasteiger partial charge >= 0.3 is 0 Å². The summed E-state index contributed by atoms with van der Waals surface area (Å²) in [6.07, 6.45) is -0.525. The van der Waals surface area contributed by atoms with Gasteiger partial charge < -0.3 is 20.1 Å². The molecule has 0 saturated heterocycles. The van der Waals surface area contributed by atoms with Crippen molar-refractivity contribution < 1.29 is 14.6 Å². The van der Waals surface area contributed by atoms with Crippen LogP contribution in [0.5, 0.6) is 5.75 Å². The highest BCUT2D eigenvalue weighted by atomic mass is 16.5. The molecule has 0 radical (unpaired) electrons. The molecule has 0 bridgehead atoms. The van der Waals surface area contributed by atoms with Crippen molar-refractivity contribution in [2.24, 2.45) is 0 Å². The molecule has 1 aromatic heterocycles. The second-order valence-electron chi connectivity index (χ2n) is 6.85. The zero-order valence-electron chi connectivity index (χ0n) is 16.4. The number of para-hydroxylation sites is 1. The Morgan fingerprint density at radius 2 is 1.79 bits per heavy atom. The molecule has 6 nitrogen and oxygen atoms in total. The molecule has 2 aromatic carbocycles. The molecule has 0 aliphatic rings. The van der Waals surface area contributed by atoms with Gasteiger partial charge in [0.25, 0.3) is 11.5 Å². The third-order valence-corrected chi connectivity index (χ3v) is 4.65. The van der Waals surface area contributed by atoms with E-state index in [0.717, 1.165) is 16.8 Å². The van der Waals surface area contributed by atoms with Gasteiger partial charge in [-0.15, -0.1) is 0 Å². The van der Waals surface area contributed by atoms with Gasteiger partial charge in [0.2, 0.25) is 0 Å². The molecule has 1 atom stereocenters. The molecule has 1 amide bonds. The highest BCUT2D eigenvalue weighted by molar-refractivity contribution is 5.94. The number of ether oxygens (including phenoxy) is 1. The van der Waals surface area contributed by atoms with Crippen LogP contribution in [0.25, 0.3) is 0 Å². The number of hydrogen-bond acceptors (Lipinski definition) is 4. The quantitative estimate of drug-likeness (QED) is 0.576. The lowest BCUT2D eigenvalue weighted by atomic mass is 10.1. The van der Waals surface area contributed by atoms with E-state index in [4.69, 9.17) is 4.74 Å². The molecule has 0 saturated carbocycles. The number of hydrogen-bond donors (Lipinski definition) is 3. The highest BCUT2D eigenvalue weighted by Gasteiger charge is 2.14. The lowest BCUT2D eigenvalue weighted by Crippen LogP contribution is -2.28. The van der Waals surface area contributed by atoms with Crippen LogP contribution < -0.4 is 15.6 Å². The first kappa shape index (κ1) is 20.4. The third-order valence-electron chi connectivity index (χ3n) is 4.65. The van der Waals surface area contributed by atoms with Gasteiger partial charge in [-0.05, 0) is 55.3 Å². The number of nitrogens with one attached hydrogen (secondary N) is 2. The zero-order valence-corrected chi connectivity index (χ0v) is 16.4. The zero-order chi connectivity index (χ0) is 20.8. The maximum atomic E-state index is 12.4. The van der Waals surface area contributed by atoms with Gasteiger partial charge in [-0.3, -0.25) is 9.59 Å². The summed E-state index contributed by atoms with van der Waals surface area (Å²) in [5, 5.41) is 12.4. The van der Waals surface area contributed by atoms with Crippen LogP contribution in [-0.4, -0.2) is 22.6 Å².